The number of hydrogen-bond acceptors (Lipinski definition) is 3. The van der Waals surface area contributed by atoms with Crippen LogP contribution in [0.3, 0.4) is 0 Å². The zero-order valence-corrected chi connectivity index (χ0v) is 12.4. The molecule has 0 radical (unpaired) electrons. The third-order valence-electron chi connectivity index (χ3n) is 3.42. The molecule has 1 unspecified atom stereocenters. The highest BCUT2D eigenvalue weighted by Crippen LogP contribution is 2.30. The summed E-state index contributed by atoms with van der Waals surface area (Å²) < 4.78 is 0.408. The Morgan fingerprint density at radius 1 is 1.44 bits per heavy atom. The molecule has 1 heterocycles. The Morgan fingerprint density at radius 2 is 2.12 bits per heavy atom. The second kappa shape index (κ2) is 6.67. The van der Waals surface area contributed by atoms with E-state index in [0.29, 0.717) is 10.8 Å². The van der Waals surface area contributed by atoms with E-state index in [4.69, 9.17) is 0 Å². The molecule has 1 nitrogen and oxygen atoms in total. The predicted molar refractivity (Wildman–Crippen MR) is 77.6 cm³/mol. The Balaban J connectivity index is 2.49. The van der Waals surface area contributed by atoms with E-state index >= 15 is 0 Å². The molecule has 0 spiro atoms. The lowest BCUT2D eigenvalue weighted by atomic mass is 10.0. The maximum atomic E-state index is 3.67. The molecule has 1 atom stereocenters. The minimum atomic E-state index is 0.408. The van der Waals surface area contributed by atoms with E-state index in [9.17, 15) is 0 Å². The Bertz CT molecular complexity index is 270. The van der Waals surface area contributed by atoms with Crippen molar-refractivity contribution < 1.29 is 0 Å². The summed E-state index contributed by atoms with van der Waals surface area (Å²) in [5.41, 5.74) is 0. The largest absolute Gasteiger partial charge is 0.308 e. The predicted octanol–water partition coefficient (Wildman–Crippen LogP) is 4.32. The van der Waals surface area contributed by atoms with Gasteiger partial charge in [0.25, 0.3) is 0 Å². The maximum Gasteiger partial charge on any atom is 0.0386 e. The van der Waals surface area contributed by atoms with Gasteiger partial charge in [-0.3, -0.25) is 0 Å². The number of hydrogen-bond donors (Lipinski definition) is 1. The number of rotatable bonds is 7. The van der Waals surface area contributed by atoms with Crippen LogP contribution in [-0.2, 0) is 0 Å². The van der Waals surface area contributed by atoms with Gasteiger partial charge >= 0.3 is 0 Å². The molecule has 1 rings (SSSR count). The molecule has 16 heavy (non-hydrogen) atoms. The molecule has 0 aliphatic rings. The average Bonchev–Trinajstić information content (AvgIpc) is 2.85. The molecule has 0 saturated heterocycles. The Hall–Kier alpha value is 0.01000. The van der Waals surface area contributed by atoms with Crippen LogP contribution in [0.25, 0.3) is 0 Å². The molecular weight excluding hydrogens is 234 g/mol. The van der Waals surface area contributed by atoms with Gasteiger partial charge < -0.3 is 5.32 Å². The van der Waals surface area contributed by atoms with Crippen LogP contribution in [0.5, 0.6) is 0 Å². The van der Waals surface area contributed by atoms with Gasteiger partial charge in [-0.05, 0) is 37.5 Å². The van der Waals surface area contributed by atoms with E-state index in [2.05, 4.69) is 49.9 Å². The van der Waals surface area contributed by atoms with Crippen LogP contribution in [-0.4, -0.2) is 17.5 Å². The van der Waals surface area contributed by atoms with Gasteiger partial charge in [-0.1, -0.05) is 19.9 Å². The molecule has 3 heteroatoms. The summed E-state index contributed by atoms with van der Waals surface area (Å²) in [7, 11) is 0. The number of nitrogens with one attached hydrogen (secondary N) is 1. The summed E-state index contributed by atoms with van der Waals surface area (Å²) in [6, 6.07) is 4.81. The molecule has 1 aromatic heterocycles. The van der Waals surface area contributed by atoms with Gasteiger partial charge in [0, 0.05) is 22.2 Å². The fourth-order valence-electron chi connectivity index (χ4n) is 1.84. The molecule has 0 saturated carbocycles. The van der Waals surface area contributed by atoms with Crippen molar-refractivity contribution in [3.8, 4) is 0 Å². The van der Waals surface area contributed by atoms with Crippen molar-refractivity contribution in [3.05, 3.63) is 22.4 Å². The van der Waals surface area contributed by atoms with Crippen LogP contribution < -0.4 is 5.32 Å². The number of thioether (sulfide) groups is 1. The van der Waals surface area contributed by atoms with Gasteiger partial charge in [0.2, 0.25) is 0 Å². The van der Waals surface area contributed by atoms with E-state index in [1.54, 1.807) is 0 Å². The summed E-state index contributed by atoms with van der Waals surface area (Å²) in [6.07, 6.45) is 4.69. The zero-order valence-electron chi connectivity index (χ0n) is 10.7. The molecule has 1 aromatic rings. The highest BCUT2D eigenvalue weighted by molar-refractivity contribution is 8.00. The molecule has 0 aliphatic heterocycles. The molecule has 0 bridgehead atoms. The first-order valence-corrected chi connectivity index (χ1v) is 8.10. The molecule has 0 aromatic carbocycles. The first-order chi connectivity index (χ1) is 7.67. The highest BCUT2D eigenvalue weighted by atomic mass is 32.2. The summed E-state index contributed by atoms with van der Waals surface area (Å²) in [4.78, 5) is 1.43. The lowest BCUT2D eigenvalue weighted by Crippen LogP contribution is -2.37. The smallest absolute Gasteiger partial charge is 0.0386 e. The van der Waals surface area contributed by atoms with Crippen molar-refractivity contribution in [2.75, 3.05) is 12.8 Å². The second-order valence-electron chi connectivity index (χ2n) is 4.21. The van der Waals surface area contributed by atoms with Crippen LogP contribution in [0.1, 0.15) is 44.5 Å². The van der Waals surface area contributed by atoms with Gasteiger partial charge in [-0.25, -0.2) is 0 Å². The summed E-state index contributed by atoms with van der Waals surface area (Å²) in [5.74, 6) is 0. The van der Waals surface area contributed by atoms with Gasteiger partial charge in [-0.2, -0.15) is 11.8 Å². The van der Waals surface area contributed by atoms with Crippen molar-refractivity contribution in [3.63, 3.8) is 0 Å². The van der Waals surface area contributed by atoms with E-state index in [1.165, 1.54) is 17.7 Å². The Kier molecular flexibility index (Phi) is 5.87. The van der Waals surface area contributed by atoms with Crippen molar-refractivity contribution >= 4 is 23.1 Å². The first kappa shape index (κ1) is 14.1. The van der Waals surface area contributed by atoms with Gasteiger partial charge in [0.05, 0.1) is 0 Å². The standard InChI is InChI=1S/C13H23NS2/c1-5-13(6-2,15-4)10-14-11(3)12-8-7-9-16-12/h7-9,11,14H,5-6,10H2,1-4H3. The molecule has 92 valence electrons. The van der Waals surface area contributed by atoms with Gasteiger partial charge in [0.15, 0.2) is 0 Å². The molecule has 0 amide bonds. The minimum Gasteiger partial charge on any atom is -0.308 e. The van der Waals surface area contributed by atoms with Crippen molar-refractivity contribution in [1.29, 1.82) is 0 Å². The Labute approximate surface area is 108 Å². The van der Waals surface area contributed by atoms with E-state index in [0.717, 1.165) is 6.54 Å². The topological polar surface area (TPSA) is 12.0 Å². The van der Waals surface area contributed by atoms with E-state index < -0.39 is 0 Å². The molecule has 0 fully saturated rings. The Morgan fingerprint density at radius 3 is 2.56 bits per heavy atom. The number of thiophene rings is 1. The van der Waals surface area contributed by atoms with Crippen LogP contribution >= 0.6 is 23.1 Å². The fraction of sp³-hybridized carbons (Fsp3) is 0.692. The first-order valence-electron chi connectivity index (χ1n) is 5.99. The van der Waals surface area contributed by atoms with E-state index in [1.807, 2.05) is 23.1 Å². The summed E-state index contributed by atoms with van der Waals surface area (Å²) >= 11 is 3.83. The van der Waals surface area contributed by atoms with Crippen LogP contribution in [0, 0.1) is 0 Å². The van der Waals surface area contributed by atoms with Crippen molar-refractivity contribution in [2.24, 2.45) is 0 Å². The zero-order chi connectivity index (χ0) is 12.0. The maximum absolute atomic E-state index is 3.67. The minimum absolute atomic E-state index is 0.408. The van der Waals surface area contributed by atoms with Crippen molar-refractivity contribution in [2.45, 2.75) is 44.4 Å². The summed E-state index contributed by atoms with van der Waals surface area (Å²) in [5, 5.41) is 5.82. The lowest BCUT2D eigenvalue weighted by molar-refractivity contribution is 0.462. The lowest BCUT2D eigenvalue weighted by Gasteiger charge is -2.31. The fourth-order valence-corrected chi connectivity index (χ4v) is 3.40. The second-order valence-corrected chi connectivity index (χ2v) is 6.47. The van der Waals surface area contributed by atoms with Crippen LogP contribution in [0.15, 0.2) is 17.5 Å². The molecular formula is C13H23NS2. The van der Waals surface area contributed by atoms with Gasteiger partial charge in [-0.15, -0.1) is 11.3 Å². The quantitative estimate of drug-likeness (QED) is 0.780. The van der Waals surface area contributed by atoms with E-state index in [-0.39, 0.29) is 0 Å². The van der Waals surface area contributed by atoms with Gasteiger partial charge in [0.1, 0.15) is 0 Å². The summed E-state index contributed by atoms with van der Waals surface area (Å²) in [6.45, 7) is 7.93. The SMILES string of the molecule is CCC(CC)(CNC(C)c1cccs1)SC. The highest BCUT2D eigenvalue weighted by Gasteiger charge is 2.25. The third-order valence-corrected chi connectivity index (χ3v) is 6.06. The normalized spacial score (nSPS) is 14.0. The molecule has 1 N–H and O–H groups in total. The van der Waals surface area contributed by atoms with Crippen LogP contribution in [0.2, 0.25) is 0 Å². The average molecular weight is 257 g/mol. The van der Waals surface area contributed by atoms with Crippen molar-refractivity contribution in [1.82, 2.24) is 5.32 Å². The third kappa shape index (κ3) is 3.51. The molecule has 0 aliphatic carbocycles. The van der Waals surface area contributed by atoms with Crippen LogP contribution in [0.4, 0.5) is 0 Å². The monoisotopic (exact) mass is 257 g/mol.